The highest BCUT2D eigenvalue weighted by atomic mass is 16.6. The summed E-state index contributed by atoms with van der Waals surface area (Å²) in [6.45, 7) is 8.54. The van der Waals surface area contributed by atoms with E-state index in [1.165, 1.54) is 0 Å². The van der Waals surface area contributed by atoms with Crippen LogP contribution in [0.25, 0.3) is 0 Å². The monoisotopic (exact) mass is 271 g/mol. The summed E-state index contributed by atoms with van der Waals surface area (Å²) >= 11 is 0. The fourth-order valence-electron chi connectivity index (χ4n) is 2.99. The van der Waals surface area contributed by atoms with E-state index in [1.807, 2.05) is 20.8 Å². The number of hydrogen-bond donors (Lipinski definition) is 1. The number of likely N-dealkylation sites (tertiary alicyclic amines) is 1. The van der Waals surface area contributed by atoms with Crippen molar-refractivity contribution in [3.8, 4) is 0 Å². The van der Waals surface area contributed by atoms with Crippen molar-refractivity contribution in [2.75, 3.05) is 32.9 Å². The van der Waals surface area contributed by atoms with E-state index in [4.69, 9.17) is 9.47 Å². The zero-order chi connectivity index (χ0) is 14.0. The molecule has 110 valence electrons. The van der Waals surface area contributed by atoms with Crippen LogP contribution in [0.15, 0.2) is 0 Å². The number of carbonyl (C=O) groups excluding carboxylic acids is 1. The third-order valence-corrected chi connectivity index (χ3v) is 3.95. The lowest BCUT2D eigenvalue weighted by Crippen LogP contribution is -2.36. The molecular weight excluding hydrogens is 246 g/mol. The molecule has 2 aliphatic rings. The minimum absolute atomic E-state index is 0.125. The van der Waals surface area contributed by atoms with E-state index in [-0.39, 0.29) is 18.6 Å². The van der Waals surface area contributed by atoms with E-state index < -0.39 is 5.60 Å². The van der Waals surface area contributed by atoms with Gasteiger partial charge in [0.15, 0.2) is 0 Å². The Morgan fingerprint density at radius 2 is 2.16 bits per heavy atom. The van der Waals surface area contributed by atoms with Crippen LogP contribution in [-0.4, -0.2) is 54.6 Å². The second-order valence-electron chi connectivity index (χ2n) is 6.62. The summed E-state index contributed by atoms with van der Waals surface area (Å²) in [5.41, 5.74) is -0.472. The molecule has 0 aromatic rings. The minimum Gasteiger partial charge on any atom is -0.444 e. The number of carbonyl (C=O) groups is 1. The molecule has 2 heterocycles. The molecule has 2 saturated heterocycles. The minimum atomic E-state index is -0.472. The van der Waals surface area contributed by atoms with Gasteiger partial charge in [-0.25, -0.2) is 4.79 Å². The van der Waals surface area contributed by atoms with E-state index in [9.17, 15) is 9.90 Å². The van der Waals surface area contributed by atoms with Crippen LogP contribution in [0, 0.1) is 17.8 Å². The molecule has 0 spiro atoms. The highest BCUT2D eigenvalue weighted by Crippen LogP contribution is 2.34. The van der Waals surface area contributed by atoms with Crippen LogP contribution in [0.1, 0.15) is 27.2 Å². The lowest BCUT2D eigenvalue weighted by Gasteiger charge is -2.25. The summed E-state index contributed by atoms with van der Waals surface area (Å²) in [7, 11) is 0. The summed E-state index contributed by atoms with van der Waals surface area (Å²) < 4.78 is 10.8. The van der Waals surface area contributed by atoms with Gasteiger partial charge in [0.2, 0.25) is 0 Å². The van der Waals surface area contributed by atoms with Crippen molar-refractivity contribution in [2.45, 2.75) is 32.8 Å². The number of amides is 1. The first-order valence-electron chi connectivity index (χ1n) is 7.07. The number of aliphatic hydroxyl groups is 1. The molecule has 1 N–H and O–H groups in total. The Morgan fingerprint density at radius 3 is 2.68 bits per heavy atom. The van der Waals surface area contributed by atoms with Crippen LogP contribution in [0.4, 0.5) is 4.79 Å². The molecule has 0 aliphatic carbocycles. The molecule has 19 heavy (non-hydrogen) atoms. The van der Waals surface area contributed by atoms with Crippen molar-refractivity contribution in [3.63, 3.8) is 0 Å². The fourth-order valence-corrected chi connectivity index (χ4v) is 2.99. The van der Waals surface area contributed by atoms with Gasteiger partial charge in [0.05, 0.1) is 0 Å². The second kappa shape index (κ2) is 5.67. The number of rotatable bonds is 2. The average Bonchev–Trinajstić information content (AvgIpc) is 2.95. The van der Waals surface area contributed by atoms with Gasteiger partial charge in [-0.1, -0.05) is 0 Å². The summed E-state index contributed by atoms with van der Waals surface area (Å²) in [6, 6.07) is 0. The van der Waals surface area contributed by atoms with E-state index >= 15 is 0 Å². The number of hydrogen-bond acceptors (Lipinski definition) is 4. The Labute approximate surface area is 114 Å². The molecule has 1 amide bonds. The Bertz CT molecular complexity index is 320. The molecule has 0 radical (unpaired) electrons. The first kappa shape index (κ1) is 14.6. The summed E-state index contributed by atoms with van der Waals surface area (Å²) in [5.74, 6) is 0.948. The first-order valence-corrected chi connectivity index (χ1v) is 7.07. The van der Waals surface area contributed by atoms with Crippen molar-refractivity contribution in [2.24, 2.45) is 17.8 Å². The summed E-state index contributed by atoms with van der Waals surface area (Å²) in [5, 5.41) is 9.51. The molecule has 0 aromatic heterocycles. The lowest BCUT2D eigenvalue weighted by molar-refractivity contribution is 0.0278. The van der Waals surface area contributed by atoms with E-state index in [0.717, 1.165) is 19.6 Å². The molecule has 0 aromatic carbocycles. The van der Waals surface area contributed by atoms with Crippen LogP contribution >= 0.6 is 0 Å². The summed E-state index contributed by atoms with van der Waals surface area (Å²) in [6.07, 6.45) is 0.760. The highest BCUT2D eigenvalue weighted by molar-refractivity contribution is 5.68. The van der Waals surface area contributed by atoms with Gasteiger partial charge < -0.3 is 19.5 Å². The molecule has 2 aliphatic heterocycles. The van der Waals surface area contributed by atoms with Gasteiger partial charge in [-0.05, 0) is 39.0 Å². The molecule has 2 fully saturated rings. The predicted octanol–water partition coefficient (Wildman–Crippen LogP) is 1.50. The van der Waals surface area contributed by atoms with E-state index in [1.54, 1.807) is 4.90 Å². The zero-order valence-corrected chi connectivity index (χ0v) is 12.1. The Kier molecular flexibility index (Phi) is 4.36. The van der Waals surface area contributed by atoms with Gasteiger partial charge in [0.25, 0.3) is 0 Å². The van der Waals surface area contributed by atoms with E-state index in [2.05, 4.69) is 0 Å². The van der Waals surface area contributed by atoms with Crippen molar-refractivity contribution in [1.29, 1.82) is 0 Å². The average molecular weight is 271 g/mol. The molecule has 5 nitrogen and oxygen atoms in total. The number of nitrogens with zero attached hydrogens (tertiary/aromatic N) is 1. The van der Waals surface area contributed by atoms with Gasteiger partial charge in [0.1, 0.15) is 5.60 Å². The maximum Gasteiger partial charge on any atom is 0.410 e. The van der Waals surface area contributed by atoms with Crippen LogP contribution < -0.4 is 0 Å². The predicted molar refractivity (Wildman–Crippen MR) is 70.8 cm³/mol. The molecule has 2 rings (SSSR count). The number of ether oxygens (including phenoxy) is 2. The van der Waals surface area contributed by atoms with Crippen molar-refractivity contribution in [1.82, 2.24) is 4.90 Å². The molecule has 3 atom stereocenters. The quantitative estimate of drug-likeness (QED) is 0.827. The Morgan fingerprint density at radius 1 is 1.42 bits per heavy atom. The zero-order valence-electron chi connectivity index (χ0n) is 12.1. The molecule has 0 saturated carbocycles. The van der Waals surface area contributed by atoms with Crippen LogP contribution in [-0.2, 0) is 9.47 Å². The normalized spacial score (nSPS) is 31.8. The van der Waals surface area contributed by atoms with Crippen LogP contribution in [0.5, 0.6) is 0 Å². The smallest absolute Gasteiger partial charge is 0.410 e. The van der Waals surface area contributed by atoms with Gasteiger partial charge in [0, 0.05) is 38.8 Å². The van der Waals surface area contributed by atoms with Crippen molar-refractivity contribution < 1.29 is 19.4 Å². The maximum absolute atomic E-state index is 12.1. The SMILES string of the molecule is CC(C)(C)OC(=O)N1CC(CO)C(C2CCOC2)C1. The van der Waals surface area contributed by atoms with Gasteiger partial charge in [-0.3, -0.25) is 0 Å². The lowest BCUT2D eigenvalue weighted by atomic mass is 9.84. The maximum atomic E-state index is 12.1. The second-order valence-corrected chi connectivity index (χ2v) is 6.62. The van der Waals surface area contributed by atoms with Crippen molar-refractivity contribution in [3.05, 3.63) is 0 Å². The highest BCUT2D eigenvalue weighted by Gasteiger charge is 2.41. The van der Waals surface area contributed by atoms with Crippen molar-refractivity contribution >= 4 is 6.09 Å². The van der Waals surface area contributed by atoms with Gasteiger partial charge in [-0.15, -0.1) is 0 Å². The molecule has 3 unspecified atom stereocenters. The first-order chi connectivity index (χ1) is 8.90. The number of aliphatic hydroxyl groups excluding tert-OH is 1. The Hall–Kier alpha value is -0.810. The van der Waals surface area contributed by atoms with Crippen LogP contribution in [0.2, 0.25) is 0 Å². The van der Waals surface area contributed by atoms with Gasteiger partial charge in [-0.2, -0.15) is 0 Å². The van der Waals surface area contributed by atoms with E-state index in [0.29, 0.717) is 24.9 Å². The standard InChI is InChI=1S/C14H25NO4/c1-14(2,3)19-13(17)15-6-11(8-16)12(7-15)10-4-5-18-9-10/h10-12,16H,4-9H2,1-3H3. The molecule has 5 heteroatoms. The largest absolute Gasteiger partial charge is 0.444 e. The molecular formula is C14H25NO4. The third kappa shape index (κ3) is 3.60. The Balaban J connectivity index is 1.96. The topological polar surface area (TPSA) is 59.0 Å². The van der Waals surface area contributed by atoms with Crippen LogP contribution in [0.3, 0.4) is 0 Å². The van der Waals surface area contributed by atoms with Gasteiger partial charge >= 0.3 is 6.09 Å². The molecule has 0 bridgehead atoms. The summed E-state index contributed by atoms with van der Waals surface area (Å²) in [4.78, 5) is 13.8. The fraction of sp³-hybridized carbons (Fsp3) is 0.929. The third-order valence-electron chi connectivity index (χ3n) is 3.95.